The summed E-state index contributed by atoms with van der Waals surface area (Å²) >= 11 is 0. The van der Waals surface area contributed by atoms with Crippen LogP contribution >= 0.6 is 12.4 Å². The van der Waals surface area contributed by atoms with Gasteiger partial charge in [-0.2, -0.15) is 0 Å². The summed E-state index contributed by atoms with van der Waals surface area (Å²) in [5.74, 6) is 0.0784. The van der Waals surface area contributed by atoms with Gasteiger partial charge in [-0.15, -0.1) is 12.4 Å². The lowest BCUT2D eigenvalue weighted by molar-refractivity contribution is -0.384. The van der Waals surface area contributed by atoms with Crippen molar-refractivity contribution >= 4 is 29.7 Å². The molecule has 2 aromatic carbocycles. The first-order chi connectivity index (χ1) is 13.9. The molecule has 0 spiro atoms. The summed E-state index contributed by atoms with van der Waals surface area (Å²) in [7, 11) is 0. The van der Waals surface area contributed by atoms with Gasteiger partial charge in [-0.1, -0.05) is 38.1 Å². The van der Waals surface area contributed by atoms with Crippen LogP contribution < -0.4 is 16.0 Å². The number of nitro benzene ring substituents is 1. The van der Waals surface area contributed by atoms with E-state index < -0.39 is 4.92 Å². The summed E-state index contributed by atoms with van der Waals surface area (Å²) in [5, 5.41) is 14.3. The largest absolute Gasteiger partial charge is 0.366 e. The number of nitrogens with zero attached hydrogens (tertiary/aromatic N) is 2. The number of nitro groups is 1. The number of carbonyl (C=O) groups is 1. The molecule has 8 heteroatoms. The van der Waals surface area contributed by atoms with E-state index in [1.807, 2.05) is 29.2 Å². The predicted octanol–water partition coefficient (Wildman–Crippen LogP) is 4.17. The van der Waals surface area contributed by atoms with Gasteiger partial charge in [0.15, 0.2) is 0 Å². The van der Waals surface area contributed by atoms with Crippen LogP contribution in [0.2, 0.25) is 0 Å². The van der Waals surface area contributed by atoms with Gasteiger partial charge in [-0.3, -0.25) is 14.9 Å². The Morgan fingerprint density at radius 3 is 2.30 bits per heavy atom. The van der Waals surface area contributed by atoms with E-state index in [2.05, 4.69) is 19.2 Å². The lowest BCUT2D eigenvalue weighted by atomic mass is 9.99. The molecule has 3 rings (SSSR count). The number of hydrogen-bond donors (Lipinski definition) is 2. The molecule has 1 fully saturated rings. The summed E-state index contributed by atoms with van der Waals surface area (Å²) in [6, 6.07) is 12.3. The number of halogens is 1. The number of amides is 1. The van der Waals surface area contributed by atoms with Gasteiger partial charge in [-0.05, 0) is 42.0 Å². The quantitative estimate of drug-likeness (QED) is 0.505. The highest BCUT2D eigenvalue weighted by molar-refractivity contribution is 5.95. The third-order valence-corrected chi connectivity index (χ3v) is 5.39. The lowest BCUT2D eigenvalue weighted by Crippen LogP contribution is -2.32. The fourth-order valence-electron chi connectivity index (χ4n) is 3.59. The Labute approximate surface area is 183 Å². The van der Waals surface area contributed by atoms with Crippen LogP contribution in [-0.2, 0) is 0 Å². The van der Waals surface area contributed by atoms with Crippen LogP contribution in [0.3, 0.4) is 0 Å². The maximum Gasteiger partial charge on any atom is 0.293 e. The molecule has 1 unspecified atom stereocenters. The molecule has 0 aromatic heterocycles. The SMILES string of the molecule is CC(C)c1ccc(C(N)CNC(=O)c2ccc(N3CCCC3)c([N+](=O)[O-])c2)cc1.Cl. The van der Waals surface area contributed by atoms with E-state index in [9.17, 15) is 14.9 Å². The first-order valence-electron chi connectivity index (χ1n) is 10.0. The first kappa shape index (κ1) is 23.6. The third-order valence-electron chi connectivity index (χ3n) is 5.39. The first-order valence-corrected chi connectivity index (χ1v) is 10.0. The average molecular weight is 433 g/mol. The molecule has 1 aliphatic rings. The molecule has 1 amide bonds. The van der Waals surface area contributed by atoms with Crippen molar-refractivity contribution in [3.8, 4) is 0 Å². The van der Waals surface area contributed by atoms with Crippen LogP contribution in [0.1, 0.15) is 60.1 Å². The van der Waals surface area contributed by atoms with Crippen LogP contribution in [0.5, 0.6) is 0 Å². The van der Waals surface area contributed by atoms with Gasteiger partial charge in [-0.25, -0.2) is 0 Å². The van der Waals surface area contributed by atoms with Crippen molar-refractivity contribution in [2.24, 2.45) is 5.73 Å². The summed E-state index contributed by atoms with van der Waals surface area (Å²) < 4.78 is 0. The molecule has 30 heavy (non-hydrogen) atoms. The number of hydrogen-bond acceptors (Lipinski definition) is 5. The summed E-state index contributed by atoms with van der Waals surface area (Å²) in [6.45, 7) is 6.11. The van der Waals surface area contributed by atoms with Crippen LogP contribution in [0.25, 0.3) is 0 Å². The zero-order valence-corrected chi connectivity index (χ0v) is 18.2. The van der Waals surface area contributed by atoms with Crippen molar-refractivity contribution in [1.82, 2.24) is 5.32 Å². The maximum atomic E-state index is 12.5. The van der Waals surface area contributed by atoms with E-state index in [1.54, 1.807) is 12.1 Å². The van der Waals surface area contributed by atoms with Crippen LogP contribution in [0.4, 0.5) is 11.4 Å². The molecule has 7 nitrogen and oxygen atoms in total. The molecule has 1 saturated heterocycles. The zero-order valence-electron chi connectivity index (χ0n) is 17.3. The monoisotopic (exact) mass is 432 g/mol. The second kappa shape index (κ2) is 10.4. The molecule has 1 heterocycles. The Morgan fingerprint density at radius 1 is 1.13 bits per heavy atom. The molecule has 0 aliphatic carbocycles. The van der Waals surface area contributed by atoms with Crippen molar-refractivity contribution in [3.05, 3.63) is 69.3 Å². The molecule has 1 atom stereocenters. The summed E-state index contributed by atoms with van der Waals surface area (Å²) in [4.78, 5) is 25.6. The Kier molecular flexibility index (Phi) is 8.20. The van der Waals surface area contributed by atoms with Crippen molar-refractivity contribution in [2.75, 3.05) is 24.5 Å². The van der Waals surface area contributed by atoms with E-state index in [4.69, 9.17) is 5.73 Å². The average Bonchev–Trinajstić information content (AvgIpc) is 3.26. The van der Waals surface area contributed by atoms with Gasteiger partial charge in [0.1, 0.15) is 5.69 Å². The van der Waals surface area contributed by atoms with Crippen LogP contribution in [0, 0.1) is 10.1 Å². The van der Waals surface area contributed by atoms with Crippen LogP contribution in [-0.4, -0.2) is 30.5 Å². The summed E-state index contributed by atoms with van der Waals surface area (Å²) in [6.07, 6.45) is 2.05. The Hall–Kier alpha value is -2.64. The highest BCUT2D eigenvalue weighted by Gasteiger charge is 2.24. The standard InChI is InChI=1S/C22H28N4O3.ClH/c1-15(2)16-5-7-17(8-6-16)19(23)14-24-22(27)18-9-10-20(21(13-18)26(28)29)25-11-3-4-12-25;/h5-10,13,15,19H,3-4,11-12,14,23H2,1-2H3,(H,24,27);1H. The smallest absolute Gasteiger partial charge is 0.293 e. The van der Waals surface area contributed by atoms with E-state index in [0.717, 1.165) is 31.5 Å². The molecule has 0 saturated carbocycles. The van der Waals surface area contributed by atoms with Crippen molar-refractivity contribution in [3.63, 3.8) is 0 Å². The van der Waals surface area contributed by atoms with Gasteiger partial charge in [0.05, 0.1) is 4.92 Å². The minimum Gasteiger partial charge on any atom is -0.366 e. The van der Waals surface area contributed by atoms with Gasteiger partial charge in [0.25, 0.3) is 11.6 Å². The topological polar surface area (TPSA) is 102 Å². The third kappa shape index (κ3) is 5.49. The Balaban J connectivity index is 0.00000320. The van der Waals surface area contributed by atoms with Crippen molar-refractivity contribution in [2.45, 2.75) is 38.6 Å². The normalized spacial score (nSPS) is 14.3. The zero-order chi connectivity index (χ0) is 21.0. The summed E-state index contributed by atoms with van der Waals surface area (Å²) in [5.41, 5.74) is 9.18. The van der Waals surface area contributed by atoms with E-state index >= 15 is 0 Å². The van der Waals surface area contributed by atoms with Gasteiger partial charge in [0, 0.05) is 37.3 Å². The van der Waals surface area contributed by atoms with E-state index in [0.29, 0.717) is 11.6 Å². The highest BCUT2D eigenvalue weighted by atomic mass is 35.5. The lowest BCUT2D eigenvalue weighted by Gasteiger charge is -2.18. The number of carbonyl (C=O) groups excluding carboxylic acids is 1. The molecular formula is C22H29ClN4O3. The van der Waals surface area contributed by atoms with Crippen molar-refractivity contribution in [1.29, 1.82) is 0 Å². The molecular weight excluding hydrogens is 404 g/mol. The predicted molar refractivity (Wildman–Crippen MR) is 122 cm³/mol. The Bertz CT molecular complexity index is 880. The maximum absolute atomic E-state index is 12.5. The fraction of sp³-hybridized carbons (Fsp3) is 0.409. The Morgan fingerprint density at radius 2 is 1.73 bits per heavy atom. The molecule has 162 valence electrons. The van der Waals surface area contributed by atoms with Crippen LogP contribution in [0.15, 0.2) is 42.5 Å². The van der Waals surface area contributed by atoms with Gasteiger partial charge >= 0.3 is 0 Å². The molecule has 0 radical (unpaired) electrons. The van der Waals surface area contributed by atoms with Gasteiger partial charge in [0.2, 0.25) is 0 Å². The number of anilines is 1. The number of rotatable bonds is 7. The second-order valence-corrected chi connectivity index (χ2v) is 7.79. The molecule has 0 bridgehead atoms. The van der Waals surface area contributed by atoms with Gasteiger partial charge < -0.3 is 16.0 Å². The number of nitrogens with one attached hydrogen (secondary N) is 1. The molecule has 1 aliphatic heterocycles. The minimum atomic E-state index is -0.424. The number of benzene rings is 2. The molecule has 3 N–H and O–H groups in total. The molecule has 2 aromatic rings. The number of nitrogens with two attached hydrogens (primary N) is 1. The van der Waals surface area contributed by atoms with Crippen molar-refractivity contribution < 1.29 is 9.72 Å². The highest BCUT2D eigenvalue weighted by Crippen LogP contribution is 2.31. The second-order valence-electron chi connectivity index (χ2n) is 7.79. The van der Waals surface area contributed by atoms with E-state index in [-0.39, 0.29) is 42.2 Å². The van der Waals surface area contributed by atoms with E-state index in [1.165, 1.54) is 11.6 Å². The minimum absolute atomic E-state index is 0. The fourth-order valence-corrected chi connectivity index (χ4v) is 3.59.